The molecule has 0 spiro atoms. The fourth-order valence-electron chi connectivity index (χ4n) is 1.35. The summed E-state index contributed by atoms with van der Waals surface area (Å²) >= 11 is 0. The van der Waals surface area contributed by atoms with Crippen LogP contribution in [0.4, 0.5) is 14.6 Å². The molecule has 0 aliphatic carbocycles. The zero-order valence-electron chi connectivity index (χ0n) is 10.2. The van der Waals surface area contributed by atoms with Crippen LogP contribution >= 0.6 is 0 Å². The number of hydrogen-bond acceptors (Lipinski definition) is 4. The van der Waals surface area contributed by atoms with Crippen LogP contribution in [0, 0.1) is 11.6 Å². The fraction of sp³-hybridized carbons (Fsp3) is 0.154. The summed E-state index contributed by atoms with van der Waals surface area (Å²) in [6, 6.07) is 5.86. The number of aromatic nitrogens is 2. The van der Waals surface area contributed by atoms with Gasteiger partial charge in [0.25, 0.3) is 0 Å². The van der Waals surface area contributed by atoms with E-state index in [1.54, 1.807) is 19.1 Å². The minimum atomic E-state index is -0.618. The van der Waals surface area contributed by atoms with E-state index in [0.29, 0.717) is 0 Å². The number of nitrogens with zero attached hydrogens (tertiary/aromatic N) is 3. The quantitative estimate of drug-likeness (QED) is 0.796. The lowest BCUT2D eigenvalue weighted by Crippen LogP contribution is -2.00. The van der Waals surface area contributed by atoms with Gasteiger partial charge in [0.15, 0.2) is 11.6 Å². The zero-order chi connectivity index (χ0) is 13.7. The van der Waals surface area contributed by atoms with Crippen molar-refractivity contribution >= 4 is 12.0 Å². The standard InChI is InChI=1S/C13H11F2N3O/c1-2-16-12-11(15)7-17-13(18-12)19-8-9-3-5-10(14)6-4-9/h2-7H,8H2,1H3. The largest absolute Gasteiger partial charge is 0.459 e. The zero-order valence-corrected chi connectivity index (χ0v) is 10.2. The molecule has 0 fully saturated rings. The molecule has 0 amide bonds. The van der Waals surface area contributed by atoms with Gasteiger partial charge in [-0.3, -0.25) is 0 Å². The summed E-state index contributed by atoms with van der Waals surface area (Å²) in [5, 5.41) is 0. The molecule has 4 nitrogen and oxygen atoms in total. The molecule has 98 valence electrons. The molecule has 0 radical (unpaired) electrons. The van der Waals surface area contributed by atoms with Gasteiger partial charge in [-0.2, -0.15) is 4.98 Å². The molecular formula is C13H11F2N3O. The van der Waals surface area contributed by atoms with Crippen LogP contribution in [0.1, 0.15) is 12.5 Å². The van der Waals surface area contributed by atoms with Gasteiger partial charge in [0.05, 0.1) is 6.20 Å². The van der Waals surface area contributed by atoms with Crippen LogP contribution in [0.3, 0.4) is 0 Å². The maximum absolute atomic E-state index is 13.2. The summed E-state index contributed by atoms with van der Waals surface area (Å²) in [6.45, 7) is 1.82. The molecule has 1 aromatic heterocycles. The second kappa shape index (κ2) is 5.99. The van der Waals surface area contributed by atoms with E-state index in [9.17, 15) is 8.78 Å². The highest BCUT2D eigenvalue weighted by Crippen LogP contribution is 2.16. The first-order valence-corrected chi connectivity index (χ1v) is 5.57. The Balaban J connectivity index is 2.07. The van der Waals surface area contributed by atoms with Gasteiger partial charge in [0, 0.05) is 6.21 Å². The predicted octanol–water partition coefficient (Wildman–Crippen LogP) is 3.06. The van der Waals surface area contributed by atoms with Crippen molar-refractivity contribution in [2.24, 2.45) is 4.99 Å². The van der Waals surface area contributed by atoms with Gasteiger partial charge in [-0.25, -0.2) is 18.8 Å². The number of ether oxygens (including phenoxy) is 1. The molecule has 0 bridgehead atoms. The van der Waals surface area contributed by atoms with Crippen LogP contribution in [0.2, 0.25) is 0 Å². The summed E-state index contributed by atoms with van der Waals surface area (Å²) in [5.41, 5.74) is 0.759. The summed E-state index contributed by atoms with van der Waals surface area (Å²) in [7, 11) is 0. The number of aliphatic imine (C=N–C) groups is 1. The fourth-order valence-corrected chi connectivity index (χ4v) is 1.35. The van der Waals surface area contributed by atoms with Crippen LogP contribution < -0.4 is 4.74 Å². The second-order valence-electron chi connectivity index (χ2n) is 3.63. The number of halogens is 2. The predicted molar refractivity (Wildman–Crippen MR) is 66.5 cm³/mol. The van der Waals surface area contributed by atoms with E-state index in [-0.39, 0.29) is 24.3 Å². The van der Waals surface area contributed by atoms with Gasteiger partial charge >= 0.3 is 6.01 Å². The normalized spacial score (nSPS) is 10.9. The molecule has 2 aromatic rings. The molecular weight excluding hydrogens is 252 g/mol. The van der Waals surface area contributed by atoms with E-state index in [2.05, 4.69) is 15.0 Å². The van der Waals surface area contributed by atoms with Gasteiger partial charge in [-0.15, -0.1) is 0 Å². The van der Waals surface area contributed by atoms with Crippen molar-refractivity contribution in [1.82, 2.24) is 9.97 Å². The molecule has 0 unspecified atom stereocenters. The third-order valence-electron chi connectivity index (χ3n) is 2.24. The van der Waals surface area contributed by atoms with Crippen molar-refractivity contribution in [3.05, 3.63) is 47.7 Å². The van der Waals surface area contributed by atoms with Crippen LogP contribution in [0.5, 0.6) is 6.01 Å². The average molecular weight is 263 g/mol. The van der Waals surface area contributed by atoms with Gasteiger partial charge < -0.3 is 4.74 Å². The number of hydrogen-bond donors (Lipinski definition) is 0. The van der Waals surface area contributed by atoms with Crippen LogP contribution in [-0.2, 0) is 6.61 Å². The first kappa shape index (κ1) is 13.1. The molecule has 0 saturated heterocycles. The Labute approximate surface area is 108 Å². The molecule has 0 aliphatic rings. The highest BCUT2D eigenvalue weighted by atomic mass is 19.1. The van der Waals surface area contributed by atoms with Crippen LogP contribution in [-0.4, -0.2) is 16.2 Å². The molecule has 0 aliphatic heterocycles. The van der Waals surface area contributed by atoms with Crippen LogP contribution in [0.15, 0.2) is 35.5 Å². The Kier molecular flexibility index (Phi) is 4.12. The molecule has 2 rings (SSSR count). The molecule has 0 N–H and O–H groups in total. The minimum Gasteiger partial charge on any atom is -0.459 e. The number of rotatable bonds is 4. The molecule has 6 heteroatoms. The average Bonchev–Trinajstić information content (AvgIpc) is 2.42. The Morgan fingerprint density at radius 2 is 2.00 bits per heavy atom. The van der Waals surface area contributed by atoms with Gasteiger partial charge in [0.2, 0.25) is 0 Å². The molecule has 19 heavy (non-hydrogen) atoms. The lowest BCUT2D eigenvalue weighted by atomic mass is 10.2. The third kappa shape index (κ3) is 3.54. The highest BCUT2D eigenvalue weighted by molar-refractivity contribution is 5.58. The van der Waals surface area contributed by atoms with E-state index in [1.807, 2.05) is 0 Å². The van der Waals surface area contributed by atoms with Crippen LogP contribution in [0.25, 0.3) is 0 Å². The van der Waals surface area contributed by atoms with Gasteiger partial charge in [-0.05, 0) is 24.6 Å². The Morgan fingerprint density at radius 3 is 2.68 bits per heavy atom. The number of benzene rings is 1. The third-order valence-corrected chi connectivity index (χ3v) is 2.24. The lowest BCUT2D eigenvalue weighted by Gasteiger charge is -2.05. The van der Waals surface area contributed by atoms with E-state index in [1.165, 1.54) is 18.3 Å². The molecule has 1 heterocycles. The van der Waals surface area contributed by atoms with E-state index < -0.39 is 5.82 Å². The smallest absolute Gasteiger partial charge is 0.318 e. The topological polar surface area (TPSA) is 47.4 Å². The minimum absolute atomic E-state index is 0.0197. The van der Waals surface area contributed by atoms with Crippen molar-refractivity contribution < 1.29 is 13.5 Å². The second-order valence-corrected chi connectivity index (χ2v) is 3.63. The van der Waals surface area contributed by atoms with E-state index in [0.717, 1.165) is 11.8 Å². The molecule has 0 atom stereocenters. The summed E-state index contributed by atoms with van der Waals surface area (Å²) in [6.07, 6.45) is 2.42. The van der Waals surface area contributed by atoms with E-state index >= 15 is 0 Å². The highest BCUT2D eigenvalue weighted by Gasteiger charge is 2.06. The Hall–Kier alpha value is -2.37. The van der Waals surface area contributed by atoms with Crippen molar-refractivity contribution in [3.63, 3.8) is 0 Å². The Bertz CT molecular complexity index is 585. The van der Waals surface area contributed by atoms with Crippen molar-refractivity contribution in [2.45, 2.75) is 13.5 Å². The molecule has 1 aromatic carbocycles. The van der Waals surface area contributed by atoms with Gasteiger partial charge in [-0.1, -0.05) is 12.1 Å². The summed E-state index contributed by atoms with van der Waals surface area (Å²) in [4.78, 5) is 11.3. The first-order valence-electron chi connectivity index (χ1n) is 5.57. The monoisotopic (exact) mass is 263 g/mol. The van der Waals surface area contributed by atoms with Crippen molar-refractivity contribution in [2.75, 3.05) is 0 Å². The maximum Gasteiger partial charge on any atom is 0.318 e. The Morgan fingerprint density at radius 1 is 1.26 bits per heavy atom. The van der Waals surface area contributed by atoms with E-state index in [4.69, 9.17) is 4.74 Å². The lowest BCUT2D eigenvalue weighted by molar-refractivity contribution is 0.279. The van der Waals surface area contributed by atoms with Crippen molar-refractivity contribution in [1.29, 1.82) is 0 Å². The van der Waals surface area contributed by atoms with Gasteiger partial charge in [0.1, 0.15) is 12.4 Å². The summed E-state index contributed by atoms with van der Waals surface area (Å²) < 4.78 is 31.2. The summed E-state index contributed by atoms with van der Waals surface area (Å²) in [5.74, 6) is -1.01. The first-order chi connectivity index (χ1) is 9.19. The maximum atomic E-state index is 13.2. The SMILES string of the molecule is CC=Nc1nc(OCc2ccc(F)cc2)ncc1F. The molecule has 0 saturated carbocycles. The van der Waals surface area contributed by atoms with Crippen molar-refractivity contribution in [3.8, 4) is 6.01 Å².